The topological polar surface area (TPSA) is 26.0 Å². The Morgan fingerprint density at radius 2 is 2.29 bits per heavy atom. The molecule has 0 bridgehead atoms. The zero-order chi connectivity index (χ0) is 12.3. The Kier molecular flexibility index (Phi) is 4.11. The summed E-state index contributed by atoms with van der Waals surface area (Å²) in [5, 5.41) is 0.832. The molecule has 2 rings (SSSR count). The van der Waals surface area contributed by atoms with Crippen molar-refractivity contribution in [3.05, 3.63) is 34.9 Å². The Bertz CT molecular complexity index is 377. The third-order valence-electron chi connectivity index (χ3n) is 4.09. The monoisotopic (exact) mass is 251 g/mol. The van der Waals surface area contributed by atoms with Gasteiger partial charge in [-0.1, -0.05) is 43.5 Å². The fraction of sp³-hybridized carbons (Fsp3) is 0.600. The second-order valence-corrected chi connectivity index (χ2v) is 6.15. The van der Waals surface area contributed by atoms with E-state index in [2.05, 4.69) is 19.1 Å². The lowest BCUT2D eigenvalue weighted by Gasteiger charge is -2.39. The fourth-order valence-electron chi connectivity index (χ4n) is 3.27. The lowest BCUT2D eigenvalue weighted by atomic mass is 9.67. The minimum absolute atomic E-state index is 0.308. The Balaban J connectivity index is 2.13. The van der Waals surface area contributed by atoms with E-state index >= 15 is 0 Å². The van der Waals surface area contributed by atoms with Crippen LogP contribution >= 0.6 is 11.6 Å². The predicted octanol–water partition coefficient (Wildman–Crippen LogP) is 4.04. The molecule has 0 heterocycles. The average molecular weight is 252 g/mol. The van der Waals surface area contributed by atoms with Crippen molar-refractivity contribution in [1.82, 2.24) is 0 Å². The van der Waals surface area contributed by atoms with Gasteiger partial charge in [0.1, 0.15) is 0 Å². The van der Waals surface area contributed by atoms with Gasteiger partial charge in [0.15, 0.2) is 0 Å². The number of hydrogen-bond acceptors (Lipinski definition) is 1. The van der Waals surface area contributed by atoms with E-state index in [9.17, 15) is 0 Å². The lowest BCUT2D eigenvalue weighted by Crippen LogP contribution is -2.37. The van der Waals surface area contributed by atoms with Gasteiger partial charge in [-0.05, 0) is 54.8 Å². The van der Waals surface area contributed by atoms with Gasteiger partial charge in [0.25, 0.3) is 0 Å². The van der Waals surface area contributed by atoms with E-state index in [1.54, 1.807) is 0 Å². The molecule has 0 aliphatic heterocycles. The van der Waals surface area contributed by atoms with Crippen molar-refractivity contribution in [3.8, 4) is 0 Å². The molecule has 0 aromatic heterocycles. The van der Waals surface area contributed by atoms with Crippen LogP contribution in [0.5, 0.6) is 0 Å². The van der Waals surface area contributed by atoms with Crippen LogP contribution in [0.4, 0.5) is 0 Å². The first kappa shape index (κ1) is 12.9. The molecule has 0 amide bonds. The van der Waals surface area contributed by atoms with Crippen LogP contribution in [-0.2, 0) is 6.42 Å². The van der Waals surface area contributed by atoms with E-state index in [-0.39, 0.29) is 0 Å². The molecule has 1 saturated carbocycles. The van der Waals surface area contributed by atoms with E-state index in [4.69, 9.17) is 17.3 Å². The Hall–Kier alpha value is -0.530. The van der Waals surface area contributed by atoms with Crippen molar-refractivity contribution in [3.63, 3.8) is 0 Å². The second-order valence-electron chi connectivity index (χ2n) is 5.71. The SMILES string of the molecule is CC1CCCC(CN)(Cc2cccc(Cl)c2)C1. The molecule has 2 atom stereocenters. The number of hydrogen-bond donors (Lipinski definition) is 1. The van der Waals surface area contributed by atoms with Crippen LogP contribution in [0.15, 0.2) is 24.3 Å². The Morgan fingerprint density at radius 1 is 1.47 bits per heavy atom. The van der Waals surface area contributed by atoms with Gasteiger partial charge >= 0.3 is 0 Å². The summed E-state index contributed by atoms with van der Waals surface area (Å²) in [6, 6.07) is 8.22. The first-order valence-corrected chi connectivity index (χ1v) is 6.96. The Morgan fingerprint density at radius 3 is 2.94 bits per heavy atom. The van der Waals surface area contributed by atoms with Gasteiger partial charge < -0.3 is 5.73 Å². The van der Waals surface area contributed by atoms with Gasteiger partial charge in [-0.25, -0.2) is 0 Å². The predicted molar refractivity (Wildman–Crippen MR) is 74.3 cm³/mol. The molecule has 17 heavy (non-hydrogen) atoms. The maximum Gasteiger partial charge on any atom is 0.0408 e. The molecule has 0 saturated heterocycles. The summed E-state index contributed by atoms with van der Waals surface area (Å²) >= 11 is 6.05. The van der Waals surface area contributed by atoms with E-state index in [1.807, 2.05) is 12.1 Å². The first-order chi connectivity index (χ1) is 8.13. The van der Waals surface area contributed by atoms with Gasteiger partial charge in [0.05, 0.1) is 0 Å². The van der Waals surface area contributed by atoms with Crippen LogP contribution in [0.1, 0.15) is 38.2 Å². The summed E-state index contributed by atoms with van der Waals surface area (Å²) in [5.74, 6) is 0.812. The normalized spacial score (nSPS) is 29.2. The van der Waals surface area contributed by atoms with Gasteiger partial charge in [0, 0.05) is 5.02 Å². The highest BCUT2D eigenvalue weighted by Gasteiger charge is 2.33. The minimum Gasteiger partial charge on any atom is -0.330 e. The summed E-state index contributed by atoms with van der Waals surface area (Å²) in [6.45, 7) is 3.14. The maximum atomic E-state index is 6.05. The molecule has 94 valence electrons. The molecule has 1 aromatic carbocycles. The highest BCUT2D eigenvalue weighted by atomic mass is 35.5. The van der Waals surface area contributed by atoms with Crippen molar-refractivity contribution in [2.75, 3.05) is 6.54 Å². The largest absolute Gasteiger partial charge is 0.330 e. The van der Waals surface area contributed by atoms with Gasteiger partial charge in [-0.3, -0.25) is 0 Å². The molecular formula is C15H22ClN. The summed E-state index contributed by atoms with van der Waals surface area (Å²) in [7, 11) is 0. The van der Waals surface area contributed by atoms with Gasteiger partial charge in [-0.2, -0.15) is 0 Å². The van der Waals surface area contributed by atoms with Crippen molar-refractivity contribution >= 4 is 11.6 Å². The minimum atomic E-state index is 0.308. The zero-order valence-electron chi connectivity index (χ0n) is 10.6. The smallest absolute Gasteiger partial charge is 0.0408 e. The molecule has 1 nitrogen and oxygen atoms in total. The summed E-state index contributed by atoms with van der Waals surface area (Å²) in [6.07, 6.45) is 6.28. The maximum absolute atomic E-state index is 6.05. The summed E-state index contributed by atoms with van der Waals surface area (Å²) in [4.78, 5) is 0. The summed E-state index contributed by atoms with van der Waals surface area (Å²) < 4.78 is 0. The standard InChI is InChI=1S/C15H22ClN/c1-12-4-3-7-15(9-12,11-17)10-13-5-2-6-14(16)8-13/h2,5-6,8,12H,3-4,7,9-11,17H2,1H3. The zero-order valence-corrected chi connectivity index (χ0v) is 11.3. The molecule has 2 unspecified atom stereocenters. The highest BCUT2D eigenvalue weighted by Crippen LogP contribution is 2.41. The number of nitrogens with two attached hydrogens (primary N) is 1. The molecule has 1 aromatic rings. The van der Waals surface area contributed by atoms with Crippen LogP contribution in [-0.4, -0.2) is 6.54 Å². The third kappa shape index (κ3) is 3.23. The van der Waals surface area contributed by atoms with Crippen molar-refractivity contribution in [2.24, 2.45) is 17.1 Å². The van der Waals surface area contributed by atoms with Crippen LogP contribution in [0.3, 0.4) is 0 Å². The molecule has 1 fully saturated rings. The molecule has 2 N–H and O–H groups in total. The highest BCUT2D eigenvalue weighted by molar-refractivity contribution is 6.30. The second kappa shape index (κ2) is 5.41. The molecule has 0 radical (unpaired) electrons. The average Bonchev–Trinajstić information content (AvgIpc) is 2.29. The van der Waals surface area contributed by atoms with E-state index in [0.717, 1.165) is 23.9 Å². The van der Waals surface area contributed by atoms with Crippen LogP contribution < -0.4 is 5.73 Å². The van der Waals surface area contributed by atoms with Crippen molar-refractivity contribution < 1.29 is 0 Å². The lowest BCUT2D eigenvalue weighted by molar-refractivity contribution is 0.154. The third-order valence-corrected chi connectivity index (χ3v) is 4.32. The van der Waals surface area contributed by atoms with E-state index in [1.165, 1.54) is 31.2 Å². The van der Waals surface area contributed by atoms with Gasteiger partial charge in [0.2, 0.25) is 0 Å². The first-order valence-electron chi connectivity index (χ1n) is 6.58. The molecule has 1 aliphatic carbocycles. The molecule has 2 heteroatoms. The molecule has 1 aliphatic rings. The van der Waals surface area contributed by atoms with Crippen molar-refractivity contribution in [1.29, 1.82) is 0 Å². The van der Waals surface area contributed by atoms with Crippen LogP contribution in [0.2, 0.25) is 5.02 Å². The van der Waals surface area contributed by atoms with Crippen molar-refractivity contribution in [2.45, 2.75) is 39.0 Å². The van der Waals surface area contributed by atoms with E-state index < -0.39 is 0 Å². The van der Waals surface area contributed by atoms with E-state index in [0.29, 0.717) is 5.41 Å². The molecule has 0 spiro atoms. The van der Waals surface area contributed by atoms with Crippen LogP contribution in [0, 0.1) is 11.3 Å². The number of rotatable bonds is 3. The quantitative estimate of drug-likeness (QED) is 0.862. The Labute approximate surface area is 109 Å². The summed E-state index contributed by atoms with van der Waals surface area (Å²) in [5.41, 5.74) is 7.69. The van der Waals surface area contributed by atoms with Crippen LogP contribution in [0.25, 0.3) is 0 Å². The molecular weight excluding hydrogens is 230 g/mol. The number of halogens is 1. The number of benzene rings is 1. The fourth-order valence-corrected chi connectivity index (χ4v) is 3.48. The van der Waals surface area contributed by atoms with Gasteiger partial charge in [-0.15, -0.1) is 0 Å².